The van der Waals surface area contributed by atoms with Crippen LogP contribution in [0.15, 0.2) is 0 Å². The number of unbranched alkanes of at least 4 members (excludes halogenated alkanes) is 3. The molecule has 1 unspecified atom stereocenters. The molecule has 100 valence electrons. The van der Waals surface area contributed by atoms with Crippen molar-refractivity contribution < 1.29 is 9.59 Å². The first-order chi connectivity index (χ1) is 8.24. The highest BCUT2D eigenvalue weighted by atomic mass is 16.1. The van der Waals surface area contributed by atoms with Crippen LogP contribution in [-0.2, 0) is 9.59 Å². The molecule has 0 aromatic rings. The summed E-state index contributed by atoms with van der Waals surface area (Å²) in [6.07, 6.45) is 7.55. The summed E-state index contributed by atoms with van der Waals surface area (Å²) in [7, 11) is 1.79. The van der Waals surface area contributed by atoms with E-state index in [1.807, 2.05) is 0 Å². The molecule has 0 heterocycles. The largest absolute Gasteiger partial charge is 0.356 e. The lowest BCUT2D eigenvalue weighted by Gasteiger charge is -2.08. The van der Waals surface area contributed by atoms with Crippen LogP contribution in [0.2, 0.25) is 0 Å². The summed E-state index contributed by atoms with van der Waals surface area (Å²) < 4.78 is 0. The first kappa shape index (κ1) is 16.1. The van der Waals surface area contributed by atoms with E-state index in [4.69, 9.17) is 0 Å². The Morgan fingerprint density at radius 1 is 1.24 bits per heavy atom. The molecule has 0 saturated carbocycles. The van der Waals surface area contributed by atoms with Crippen molar-refractivity contribution >= 4 is 12.2 Å². The zero-order valence-electron chi connectivity index (χ0n) is 11.1. The van der Waals surface area contributed by atoms with E-state index >= 15 is 0 Å². The first-order valence-electron chi connectivity index (χ1n) is 6.63. The van der Waals surface area contributed by atoms with Gasteiger partial charge in [-0.2, -0.15) is 0 Å². The molecule has 0 fully saturated rings. The van der Waals surface area contributed by atoms with Crippen LogP contribution >= 0.6 is 0 Å². The van der Waals surface area contributed by atoms with E-state index in [1.54, 1.807) is 7.05 Å². The molecule has 0 spiro atoms. The molecule has 1 atom stereocenters. The highest BCUT2D eigenvalue weighted by Crippen LogP contribution is 2.00. The Morgan fingerprint density at radius 2 is 2.00 bits per heavy atom. The van der Waals surface area contributed by atoms with Gasteiger partial charge in [-0.15, -0.1) is 0 Å². The number of hydrogen-bond acceptors (Lipinski definition) is 3. The lowest BCUT2D eigenvalue weighted by atomic mass is 10.1. The van der Waals surface area contributed by atoms with Crippen molar-refractivity contribution in [3.63, 3.8) is 0 Å². The van der Waals surface area contributed by atoms with Crippen molar-refractivity contribution in [2.45, 2.75) is 57.9 Å². The van der Waals surface area contributed by atoms with Crippen molar-refractivity contribution in [2.24, 2.45) is 0 Å². The van der Waals surface area contributed by atoms with E-state index in [9.17, 15) is 9.59 Å². The second-order valence-electron chi connectivity index (χ2n) is 4.33. The van der Waals surface area contributed by atoms with E-state index in [1.165, 1.54) is 0 Å². The molecule has 4 nitrogen and oxygen atoms in total. The second-order valence-corrected chi connectivity index (χ2v) is 4.33. The Hall–Kier alpha value is -0.900. The van der Waals surface area contributed by atoms with Crippen molar-refractivity contribution in [3.05, 3.63) is 0 Å². The molecule has 2 N–H and O–H groups in total. The fourth-order valence-corrected chi connectivity index (χ4v) is 1.62. The number of aldehydes is 1. The quantitative estimate of drug-likeness (QED) is 0.428. The van der Waals surface area contributed by atoms with Crippen LogP contribution in [0.1, 0.15) is 51.9 Å². The molecule has 0 rings (SSSR count). The Balaban J connectivity index is 3.32. The van der Waals surface area contributed by atoms with E-state index < -0.39 is 0 Å². The molecule has 0 bridgehead atoms. The Kier molecular flexibility index (Phi) is 11.0. The van der Waals surface area contributed by atoms with Gasteiger partial charge < -0.3 is 15.4 Å². The summed E-state index contributed by atoms with van der Waals surface area (Å²) in [6, 6.07) is -0.0461. The van der Waals surface area contributed by atoms with E-state index in [2.05, 4.69) is 17.6 Å². The van der Waals surface area contributed by atoms with Gasteiger partial charge in [0.15, 0.2) is 0 Å². The summed E-state index contributed by atoms with van der Waals surface area (Å²) in [6.45, 7) is 2.85. The highest BCUT2D eigenvalue weighted by molar-refractivity contribution is 5.75. The van der Waals surface area contributed by atoms with Crippen molar-refractivity contribution in [2.75, 3.05) is 13.6 Å². The predicted molar refractivity (Wildman–Crippen MR) is 69.9 cm³/mol. The van der Waals surface area contributed by atoms with Crippen LogP contribution < -0.4 is 10.6 Å². The molecule has 1 amide bonds. The van der Waals surface area contributed by atoms with E-state index in [-0.39, 0.29) is 11.9 Å². The number of nitrogens with one attached hydrogen (secondary N) is 2. The van der Waals surface area contributed by atoms with Gasteiger partial charge in [0.2, 0.25) is 5.91 Å². The Labute approximate surface area is 105 Å². The molecule has 0 saturated heterocycles. The number of carbonyl (C=O) groups is 2. The van der Waals surface area contributed by atoms with Crippen LogP contribution in [0.5, 0.6) is 0 Å². The van der Waals surface area contributed by atoms with Gasteiger partial charge in [0.25, 0.3) is 0 Å². The lowest BCUT2D eigenvalue weighted by Crippen LogP contribution is -2.27. The Morgan fingerprint density at radius 3 is 2.59 bits per heavy atom. The monoisotopic (exact) mass is 242 g/mol. The van der Waals surface area contributed by atoms with E-state index in [0.29, 0.717) is 6.42 Å². The number of rotatable bonds is 11. The molecule has 4 heteroatoms. The summed E-state index contributed by atoms with van der Waals surface area (Å²) >= 11 is 0. The van der Waals surface area contributed by atoms with Crippen LogP contribution in [0.4, 0.5) is 0 Å². The molecule has 0 aromatic heterocycles. The number of hydrogen-bond donors (Lipinski definition) is 2. The average Bonchev–Trinajstić information content (AvgIpc) is 2.34. The maximum atomic E-state index is 11.3. The minimum absolute atomic E-state index is 0.0461. The van der Waals surface area contributed by atoms with E-state index in [0.717, 1.165) is 51.4 Å². The fourth-order valence-electron chi connectivity index (χ4n) is 1.62. The van der Waals surface area contributed by atoms with Gasteiger partial charge in [-0.1, -0.05) is 19.8 Å². The topological polar surface area (TPSA) is 58.2 Å². The highest BCUT2D eigenvalue weighted by Gasteiger charge is 2.03. The smallest absolute Gasteiger partial charge is 0.219 e. The molecule has 17 heavy (non-hydrogen) atoms. The normalized spacial score (nSPS) is 12.1. The summed E-state index contributed by atoms with van der Waals surface area (Å²) in [5.74, 6) is 0.152. The third-order valence-corrected chi connectivity index (χ3v) is 2.81. The second kappa shape index (κ2) is 11.6. The first-order valence-corrected chi connectivity index (χ1v) is 6.63. The average molecular weight is 242 g/mol. The lowest BCUT2D eigenvalue weighted by molar-refractivity contribution is -0.121. The maximum Gasteiger partial charge on any atom is 0.219 e. The van der Waals surface area contributed by atoms with Gasteiger partial charge in [-0.3, -0.25) is 4.79 Å². The molecule has 0 aliphatic heterocycles. The molecule has 0 aliphatic carbocycles. The third kappa shape index (κ3) is 10.00. The number of carbonyl (C=O) groups excluding carboxylic acids is 2. The molecule has 0 radical (unpaired) electrons. The summed E-state index contributed by atoms with van der Waals surface area (Å²) in [5.41, 5.74) is 0. The summed E-state index contributed by atoms with van der Waals surface area (Å²) in [4.78, 5) is 21.9. The van der Waals surface area contributed by atoms with Gasteiger partial charge in [-0.05, 0) is 32.7 Å². The standard InChI is InChI=1S/C13H26N2O2/c1-3-4-5-9-13(17)15-10-7-6-8-12(11-16)14-2/h11-12,14H,3-10H2,1-2H3,(H,15,17). The van der Waals surface area contributed by atoms with Crippen LogP contribution in [0.25, 0.3) is 0 Å². The van der Waals surface area contributed by atoms with Crippen LogP contribution in [-0.4, -0.2) is 31.8 Å². The van der Waals surface area contributed by atoms with Crippen molar-refractivity contribution in [1.82, 2.24) is 10.6 Å². The SMILES string of the molecule is CCCCCC(=O)NCCCCC(C=O)NC. The number of amides is 1. The predicted octanol–water partition coefficient (Wildman–Crippen LogP) is 1.64. The Bertz CT molecular complexity index is 208. The molecular formula is C13H26N2O2. The minimum Gasteiger partial charge on any atom is -0.356 e. The zero-order chi connectivity index (χ0) is 12.9. The van der Waals surface area contributed by atoms with Gasteiger partial charge in [0, 0.05) is 13.0 Å². The number of likely N-dealkylation sites (N-methyl/N-ethyl adjacent to an activating group) is 1. The van der Waals surface area contributed by atoms with Crippen LogP contribution in [0, 0.1) is 0 Å². The van der Waals surface area contributed by atoms with Crippen molar-refractivity contribution in [1.29, 1.82) is 0 Å². The minimum atomic E-state index is -0.0461. The maximum absolute atomic E-state index is 11.3. The van der Waals surface area contributed by atoms with Gasteiger partial charge in [-0.25, -0.2) is 0 Å². The van der Waals surface area contributed by atoms with Gasteiger partial charge >= 0.3 is 0 Å². The molecule has 0 aromatic carbocycles. The summed E-state index contributed by atoms with van der Waals surface area (Å²) in [5, 5.41) is 5.83. The molecular weight excluding hydrogens is 216 g/mol. The fraction of sp³-hybridized carbons (Fsp3) is 0.846. The van der Waals surface area contributed by atoms with Gasteiger partial charge in [0.05, 0.1) is 6.04 Å². The molecule has 0 aliphatic rings. The van der Waals surface area contributed by atoms with Gasteiger partial charge in [0.1, 0.15) is 6.29 Å². The van der Waals surface area contributed by atoms with Crippen molar-refractivity contribution in [3.8, 4) is 0 Å². The van der Waals surface area contributed by atoms with Crippen LogP contribution in [0.3, 0.4) is 0 Å². The third-order valence-electron chi connectivity index (χ3n) is 2.81. The zero-order valence-corrected chi connectivity index (χ0v) is 11.1.